The second kappa shape index (κ2) is 3.33. The van der Waals surface area contributed by atoms with Gasteiger partial charge in [-0.1, -0.05) is 0 Å². The number of hydrogen-bond donors (Lipinski definition) is 0. The second-order valence-corrected chi connectivity index (χ2v) is 3.62. The molecule has 0 aliphatic carbocycles. The highest BCUT2D eigenvalue weighted by Gasteiger charge is 2.15. The van der Waals surface area contributed by atoms with Gasteiger partial charge in [0.25, 0.3) is 5.91 Å². The van der Waals surface area contributed by atoms with Gasteiger partial charge in [0, 0.05) is 26.1 Å². The van der Waals surface area contributed by atoms with Gasteiger partial charge in [0.05, 0.1) is 6.61 Å². The van der Waals surface area contributed by atoms with Crippen molar-refractivity contribution in [3.05, 3.63) is 29.3 Å². The van der Waals surface area contributed by atoms with Crippen LogP contribution < -0.4 is 4.74 Å². The summed E-state index contributed by atoms with van der Waals surface area (Å²) in [6.07, 6.45) is 0.907. The van der Waals surface area contributed by atoms with Crippen molar-refractivity contribution in [2.24, 2.45) is 0 Å². The molecule has 0 bridgehead atoms. The number of fused-ring (bicyclic) bond motifs is 1. The lowest BCUT2D eigenvalue weighted by atomic mass is 10.1. The molecule has 0 unspecified atom stereocenters. The molecule has 0 atom stereocenters. The summed E-state index contributed by atoms with van der Waals surface area (Å²) >= 11 is 0. The van der Waals surface area contributed by atoms with Gasteiger partial charge in [0.2, 0.25) is 0 Å². The van der Waals surface area contributed by atoms with E-state index in [2.05, 4.69) is 0 Å². The average molecular weight is 191 g/mol. The molecular formula is C11H13NO2. The predicted molar refractivity (Wildman–Crippen MR) is 53.7 cm³/mol. The van der Waals surface area contributed by atoms with E-state index < -0.39 is 0 Å². The summed E-state index contributed by atoms with van der Waals surface area (Å²) in [6.45, 7) is 0.731. The maximum Gasteiger partial charge on any atom is 0.253 e. The van der Waals surface area contributed by atoms with Crippen molar-refractivity contribution in [2.75, 3.05) is 20.7 Å². The maximum absolute atomic E-state index is 11.6. The van der Waals surface area contributed by atoms with Crippen LogP contribution in [-0.2, 0) is 6.42 Å². The zero-order chi connectivity index (χ0) is 10.1. The number of carbonyl (C=O) groups excluding carboxylic acids is 1. The largest absolute Gasteiger partial charge is 0.493 e. The Morgan fingerprint density at radius 2 is 2.21 bits per heavy atom. The summed E-state index contributed by atoms with van der Waals surface area (Å²) in [7, 11) is 3.51. The second-order valence-electron chi connectivity index (χ2n) is 3.62. The minimum atomic E-state index is 0.0414. The number of nitrogens with zero attached hydrogens (tertiary/aromatic N) is 1. The van der Waals surface area contributed by atoms with E-state index in [9.17, 15) is 4.79 Å². The average Bonchev–Trinajstić information content (AvgIpc) is 2.62. The van der Waals surface area contributed by atoms with Crippen molar-refractivity contribution in [1.82, 2.24) is 4.90 Å². The van der Waals surface area contributed by atoms with Crippen molar-refractivity contribution in [1.29, 1.82) is 0 Å². The molecule has 0 saturated carbocycles. The first-order chi connectivity index (χ1) is 6.68. The van der Waals surface area contributed by atoms with Crippen molar-refractivity contribution in [3.63, 3.8) is 0 Å². The third-order valence-corrected chi connectivity index (χ3v) is 2.34. The van der Waals surface area contributed by atoms with Crippen LogP contribution >= 0.6 is 0 Å². The molecule has 14 heavy (non-hydrogen) atoms. The molecule has 0 N–H and O–H groups in total. The third-order valence-electron chi connectivity index (χ3n) is 2.34. The van der Waals surface area contributed by atoms with Gasteiger partial charge in [-0.25, -0.2) is 0 Å². The SMILES string of the molecule is CN(C)C(=O)c1ccc2c(c1)CCO2. The molecule has 0 aromatic heterocycles. The summed E-state index contributed by atoms with van der Waals surface area (Å²) in [5.74, 6) is 0.958. The van der Waals surface area contributed by atoms with Gasteiger partial charge in [-0.05, 0) is 23.8 Å². The molecule has 0 fully saturated rings. The molecule has 1 aliphatic rings. The highest BCUT2D eigenvalue weighted by molar-refractivity contribution is 5.94. The number of amides is 1. The highest BCUT2D eigenvalue weighted by Crippen LogP contribution is 2.26. The Morgan fingerprint density at radius 1 is 1.43 bits per heavy atom. The first-order valence-electron chi connectivity index (χ1n) is 4.66. The van der Waals surface area contributed by atoms with Crippen LogP contribution in [0.1, 0.15) is 15.9 Å². The number of rotatable bonds is 1. The van der Waals surface area contributed by atoms with Crippen LogP contribution in [0.15, 0.2) is 18.2 Å². The molecular weight excluding hydrogens is 178 g/mol. The van der Waals surface area contributed by atoms with E-state index in [0.29, 0.717) is 0 Å². The molecule has 1 heterocycles. The number of hydrogen-bond acceptors (Lipinski definition) is 2. The van der Waals surface area contributed by atoms with Crippen molar-refractivity contribution in [3.8, 4) is 5.75 Å². The lowest BCUT2D eigenvalue weighted by Crippen LogP contribution is -2.21. The van der Waals surface area contributed by atoms with E-state index in [1.54, 1.807) is 19.0 Å². The zero-order valence-electron chi connectivity index (χ0n) is 8.41. The summed E-state index contributed by atoms with van der Waals surface area (Å²) in [5, 5.41) is 0. The smallest absolute Gasteiger partial charge is 0.253 e. The van der Waals surface area contributed by atoms with Crippen LogP contribution in [0.4, 0.5) is 0 Å². The monoisotopic (exact) mass is 191 g/mol. The fourth-order valence-electron chi connectivity index (χ4n) is 1.58. The van der Waals surface area contributed by atoms with Crippen LogP contribution in [0.5, 0.6) is 5.75 Å². The Labute approximate surface area is 83.3 Å². The van der Waals surface area contributed by atoms with Crippen molar-refractivity contribution in [2.45, 2.75) is 6.42 Å². The molecule has 2 rings (SSSR count). The summed E-state index contributed by atoms with van der Waals surface area (Å²) in [6, 6.07) is 5.61. The molecule has 1 aromatic carbocycles. The van der Waals surface area contributed by atoms with E-state index in [4.69, 9.17) is 4.74 Å². The van der Waals surface area contributed by atoms with Gasteiger partial charge in [-0.3, -0.25) is 4.79 Å². The van der Waals surface area contributed by atoms with Crippen LogP contribution in [0.2, 0.25) is 0 Å². The van der Waals surface area contributed by atoms with E-state index in [1.165, 1.54) is 0 Å². The van der Waals surface area contributed by atoms with Gasteiger partial charge in [-0.2, -0.15) is 0 Å². The first-order valence-corrected chi connectivity index (χ1v) is 4.66. The van der Waals surface area contributed by atoms with Gasteiger partial charge >= 0.3 is 0 Å². The zero-order valence-corrected chi connectivity index (χ0v) is 8.41. The maximum atomic E-state index is 11.6. The standard InChI is InChI=1S/C11H13NO2/c1-12(2)11(13)9-3-4-10-8(7-9)5-6-14-10/h3-4,7H,5-6H2,1-2H3. The number of ether oxygens (including phenoxy) is 1. The van der Waals surface area contributed by atoms with E-state index in [0.717, 1.165) is 29.9 Å². The summed E-state index contributed by atoms with van der Waals surface area (Å²) in [5.41, 5.74) is 1.87. The first kappa shape index (κ1) is 9.06. The Morgan fingerprint density at radius 3 is 2.93 bits per heavy atom. The Bertz CT molecular complexity index is 372. The number of benzene rings is 1. The van der Waals surface area contributed by atoms with Gasteiger partial charge in [-0.15, -0.1) is 0 Å². The minimum absolute atomic E-state index is 0.0414. The lowest BCUT2D eigenvalue weighted by molar-refractivity contribution is 0.0827. The molecule has 0 spiro atoms. The van der Waals surface area contributed by atoms with Gasteiger partial charge in [0.15, 0.2) is 0 Å². The topological polar surface area (TPSA) is 29.5 Å². The Kier molecular flexibility index (Phi) is 2.15. The Balaban J connectivity index is 2.33. The van der Waals surface area contributed by atoms with Gasteiger partial charge < -0.3 is 9.64 Å². The minimum Gasteiger partial charge on any atom is -0.493 e. The molecule has 0 radical (unpaired) electrons. The highest BCUT2D eigenvalue weighted by atomic mass is 16.5. The van der Waals surface area contributed by atoms with E-state index in [-0.39, 0.29) is 5.91 Å². The molecule has 3 heteroatoms. The van der Waals surface area contributed by atoms with Crippen LogP contribution in [0, 0.1) is 0 Å². The molecule has 0 saturated heterocycles. The molecule has 74 valence electrons. The van der Waals surface area contributed by atoms with Crippen molar-refractivity contribution < 1.29 is 9.53 Å². The van der Waals surface area contributed by atoms with E-state index in [1.807, 2.05) is 18.2 Å². The Hall–Kier alpha value is -1.51. The fourth-order valence-corrected chi connectivity index (χ4v) is 1.58. The van der Waals surface area contributed by atoms with Crippen molar-refractivity contribution >= 4 is 5.91 Å². The van der Waals surface area contributed by atoms with E-state index >= 15 is 0 Å². The quantitative estimate of drug-likeness (QED) is 0.670. The van der Waals surface area contributed by atoms with Crippen LogP contribution in [-0.4, -0.2) is 31.5 Å². The lowest BCUT2D eigenvalue weighted by Gasteiger charge is -2.10. The fraction of sp³-hybridized carbons (Fsp3) is 0.364. The molecule has 1 aromatic rings. The molecule has 3 nitrogen and oxygen atoms in total. The molecule has 1 aliphatic heterocycles. The normalized spacial score (nSPS) is 13.3. The number of carbonyl (C=O) groups is 1. The van der Waals surface area contributed by atoms with Crippen LogP contribution in [0.25, 0.3) is 0 Å². The molecule has 1 amide bonds. The van der Waals surface area contributed by atoms with Gasteiger partial charge in [0.1, 0.15) is 5.75 Å². The summed E-state index contributed by atoms with van der Waals surface area (Å²) in [4.78, 5) is 13.2. The third kappa shape index (κ3) is 1.45. The summed E-state index contributed by atoms with van der Waals surface area (Å²) < 4.78 is 5.37. The van der Waals surface area contributed by atoms with Crippen LogP contribution in [0.3, 0.4) is 0 Å². The predicted octanol–water partition coefficient (Wildman–Crippen LogP) is 1.32.